The van der Waals surface area contributed by atoms with E-state index in [0.29, 0.717) is 6.42 Å². The number of guanidine groups is 2. The van der Waals surface area contributed by atoms with E-state index < -0.39 is 114 Å². The predicted molar refractivity (Wildman–Crippen MR) is 267 cm³/mol. The lowest BCUT2D eigenvalue weighted by Gasteiger charge is -2.28. The van der Waals surface area contributed by atoms with Gasteiger partial charge in [0.25, 0.3) is 0 Å². The number of carboxylic acid groups (broad SMARTS) is 1. The summed E-state index contributed by atoms with van der Waals surface area (Å²) in [4.78, 5) is 126. The van der Waals surface area contributed by atoms with Crippen LogP contribution in [0.2, 0.25) is 0 Å². The van der Waals surface area contributed by atoms with Crippen LogP contribution in [0.15, 0.2) is 9.98 Å². The third-order valence-corrected chi connectivity index (χ3v) is 10.8. The fourth-order valence-corrected chi connectivity index (χ4v) is 6.85. The molecule has 0 aliphatic rings. The van der Waals surface area contributed by atoms with E-state index >= 15 is 0 Å². The summed E-state index contributed by atoms with van der Waals surface area (Å²) >= 11 is 12.3. The van der Waals surface area contributed by atoms with Gasteiger partial charge in [0.15, 0.2) is 11.9 Å². The Balaban J connectivity index is 5.96. The van der Waals surface area contributed by atoms with E-state index in [0.717, 1.165) is 0 Å². The van der Waals surface area contributed by atoms with E-state index in [1.807, 2.05) is 0 Å². The summed E-state index contributed by atoms with van der Waals surface area (Å²) in [6.45, 7) is 10.1. The number of rotatable bonds is 33. The Bertz CT molecular complexity index is 1750. The normalized spacial score (nSPS) is 14.6. The third-order valence-electron chi connectivity index (χ3n) is 9.68. The van der Waals surface area contributed by atoms with Crippen LogP contribution in [0.1, 0.15) is 80.1 Å². The van der Waals surface area contributed by atoms with E-state index in [1.54, 1.807) is 41.5 Å². The summed E-state index contributed by atoms with van der Waals surface area (Å²) in [5.74, 6) is -9.08. The number of carbonyl (C=O) groups is 9. The lowest BCUT2D eigenvalue weighted by molar-refractivity contribution is -0.142. The molecule has 0 aliphatic carbocycles. The Kier molecular flexibility index (Phi) is 30.7. The number of hydrogen-bond acceptors (Lipinski definition) is 15. The molecule has 25 nitrogen and oxygen atoms in total. The molecule has 0 aliphatic heterocycles. The first-order chi connectivity index (χ1) is 31.8. The Morgan fingerprint density at radius 3 is 1.35 bits per heavy atom. The standard InChI is InChI=1S/C40H75N15O10S3/c1-19(2)13-24(34(60)50-23(10-8-12-47-40(44)45)33(59)55-30(21(5)6)37(63)54-28(18-68)38(64)65)49-29(56)15-48-32(58)26(16-66)53-35(61)25(14-20(3)4)51-36(62)27(17-67)52-31(57)22(41)9-7-11-46-39(42)43/h19-28,30,66-68H,7-18,41H2,1-6H3,(H,48,58)(H,49,56)(H,50,60)(H,51,62)(H,52,57)(H,53,61)(H,54,63)(H,55,59)(H,64,65)(H4,42,43,46)(H4,44,45,47)/t22-,23-,24-,25-,26-,27-,28-,30-/m0/s1. The summed E-state index contributed by atoms with van der Waals surface area (Å²) in [5.41, 5.74) is 27.5. The maximum Gasteiger partial charge on any atom is 0.327 e. The van der Waals surface area contributed by atoms with Crippen LogP contribution in [0.4, 0.5) is 0 Å². The van der Waals surface area contributed by atoms with Crippen molar-refractivity contribution in [2.24, 2.45) is 56.4 Å². The van der Waals surface area contributed by atoms with Crippen LogP contribution in [0.25, 0.3) is 0 Å². The minimum atomic E-state index is -1.33. The fraction of sp³-hybridized carbons (Fsp3) is 0.725. The molecule has 19 N–H and O–H groups in total. The Hall–Kier alpha value is -5.22. The molecule has 0 radical (unpaired) electrons. The highest BCUT2D eigenvalue weighted by atomic mass is 32.1. The van der Waals surface area contributed by atoms with Gasteiger partial charge in [-0.1, -0.05) is 41.5 Å². The van der Waals surface area contributed by atoms with Gasteiger partial charge in [-0.15, -0.1) is 0 Å². The van der Waals surface area contributed by atoms with Crippen molar-refractivity contribution in [1.29, 1.82) is 0 Å². The van der Waals surface area contributed by atoms with Gasteiger partial charge in [-0.2, -0.15) is 37.9 Å². The van der Waals surface area contributed by atoms with Crippen LogP contribution in [0, 0.1) is 17.8 Å². The molecule has 0 fully saturated rings. The molecule has 0 heterocycles. The quantitative estimate of drug-likeness (QED) is 0.0128. The molecule has 0 aromatic heterocycles. The average molecular weight is 1020 g/mol. The molecule has 8 amide bonds. The van der Waals surface area contributed by atoms with Crippen LogP contribution in [-0.2, 0) is 43.2 Å². The van der Waals surface area contributed by atoms with E-state index in [-0.39, 0.29) is 86.2 Å². The number of nitrogens with two attached hydrogens (primary N) is 5. The molecule has 0 unspecified atom stereocenters. The fourth-order valence-electron chi connectivity index (χ4n) is 6.08. The molecule has 0 aromatic carbocycles. The molecular formula is C40H75N15O10S3. The summed E-state index contributed by atoms with van der Waals surface area (Å²) in [5, 5.41) is 29.6. The monoisotopic (exact) mass is 1020 g/mol. The Morgan fingerprint density at radius 1 is 0.500 bits per heavy atom. The van der Waals surface area contributed by atoms with Gasteiger partial charge < -0.3 is 76.3 Å². The number of aliphatic imine (C=N–C) groups is 2. The highest BCUT2D eigenvalue weighted by Gasteiger charge is 2.34. The number of carboxylic acids is 1. The number of aliphatic carboxylic acids is 1. The molecule has 68 heavy (non-hydrogen) atoms. The van der Waals surface area contributed by atoms with Gasteiger partial charge in [-0.25, -0.2) is 4.79 Å². The van der Waals surface area contributed by atoms with Crippen LogP contribution in [-0.4, -0.2) is 155 Å². The first-order valence-corrected chi connectivity index (χ1v) is 24.0. The highest BCUT2D eigenvalue weighted by Crippen LogP contribution is 2.11. The van der Waals surface area contributed by atoms with Gasteiger partial charge in [0.2, 0.25) is 47.3 Å². The average Bonchev–Trinajstić information content (AvgIpc) is 3.25. The number of amides is 8. The van der Waals surface area contributed by atoms with Gasteiger partial charge >= 0.3 is 5.97 Å². The highest BCUT2D eigenvalue weighted by molar-refractivity contribution is 7.80. The van der Waals surface area contributed by atoms with Crippen molar-refractivity contribution in [3.8, 4) is 0 Å². The second kappa shape index (κ2) is 33.3. The Morgan fingerprint density at radius 2 is 0.897 bits per heavy atom. The lowest BCUT2D eigenvalue weighted by atomic mass is 10.0. The van der Waals surface area contributed by atoms with Crippen molar-refractivity contribution in [3.05, 3.63) is 0 Å². The SMILES string of the molecule is CC(C)C[C@H](NC(=O)CNC(=O)[C@H](CS)NC(=O)[C@H](CC(C)C)NC(=O)[C@H](CS)NC(=O)[C@@H](N)CCCN=C(N)N)C(=O)N[C@@H](CCCN=C(N)N)C(=O)N[C@H](C(=O)N[C@@H](CS)C(=O)O)C(C)C. The smallest absolute Gasteiger partial charge is 0.327 e. The lowest BCUT2D eigenvalue weighted by Crippen LogP contribution is -2.60. The zero-order chi connectivity index (χ0) is 52.3. The second-order valence-corrected chi connectivity index (χ2v) is 18.1. The number of hydrogen-bond donors (Lipinski definition) is 17. The van der Waals surface area contributed by atoms with Gasteiger partial charge in [0, 0.05) is 30.3 Å². The van der Waals surface area contributed by atoms with E-state index in [4.69, 9.17) is 28.7 Å². The molecule has 0 saturated heterocycles. The zero-order valence-corrected chi connectivity index (χ0v) is 42.3. The summed E-state index contributed by atoms with van der Waals surface area (Å²) < 4.78 is 0. The minimum Gasteiger partial charge on any atom is -0.480 e. The molecule has 0 aromatic rings. The first kappa shape index (κ1) is 62.8. The maximum absolute atomic E-state index is 13.8. The first-order valence-electron chi connectivity index (χ1n) is 22.1. The molecule has 388 valence electrons. The maximum atomic E-state index is 13.8. The Labute approximate surface area is 414 Å². The van der Waals surface area contributed by atoms with Crippen molar-refractivity contribution in [2.75, 3.05) is 36.9 Å². The van der Waals surface area contributed by atoms with Gasteiger partial charge in [-0.3, -0.25) is 48.3 Å². The molecular weight excluding hydrogens is 947 g/mol. The van der Waals surface area contributed by atoms with Crippen molar-refractivity contribution in [1.82, 2.24) is 42.5 Å². The number of nitrogens with zero attached hydrogens (tertiary/aromatic N) is 2. The van der Waals surface area contributed by atoms with E-state index in [9.17, 15) is 48.3 Å². The van der Waals surface area contributed by atoms with Crippen LogP contribution < -0.4 is 71.2 Å². The summed E-state index contributed by atoms with van der Waals surface area (Å²) in [7, 11) is 0. The molecule has 0 rings (SSSR count). The van der Waals surface area contributed by atoms with Gasteiger partial charge in [0.1, 0.15) is 42.3 Å². The molecule has 0 saturated carbocycles. The number of thiol groups is 3. The zero-order valence-electron chi connectivity index (χ0n) is 39.6. The van der Waals surface area contributed by atoms with E-state index in [2.05, 4.69) is 90.4 Å². The van der Waals surface area contributed by atoms with Crippen molar-refractivity contribution < 1.29 is 48.3 Å². The van der Waals surface area contributed by atoms with Crippen LogP contribution in [0.3, 0.4) is 0 Å². The van der Waals surface area contributed by atoms with Crippen molar-refractivity contribution >= 4 is 103 Å². The van der Waals surface area contributed by atoms with Gasteiger partial charge in [-0.05, 0) is 56.3 Å². The summed E-state index contributed by atoms with van der Waals surface area (Å²) in [6, 6.07) is -9.66. The topological polar surface area (TPSA) is 425 Å². The predicted octanol–water partition coefficient (Wildman–Crippen LogP) is -4.45. The van der Waals surface area contributed by atoms with Crippen molar-refractivity contribution in [3.63, 3.8) is 0 Å². The largest absolute Gasteiger partial charge is 0.480 e. The molecule has 8 atom stereocenters. The number of carbonyl (C=O) groups excluding carboxylic acids is 8. The minimum absolute atomic E-state index is 0.0170. The third kappa shape index (κ3) is 25.8. The van der Waals surface area contributed by atoms with Crippen molar-refractivity contribution in [2.45, 2.75) is 128 Å². The molecule has 0 bridgehead atoms. The second-order valence-electron chi connectivity index (χ2n) is 17.0. The van der Waals surface area contributed by atoms with Crippen LogP contribution >= 0.6 is 37.9 Å². The molecule has 0 spiro atoms. The number of nitrogens with one attached hydrogen (secondary N) is 8. The molecule has 28 heteroatoms. The van der Waals surface area contributed by atoms with Gasteiger partial charge in [0.05, 0.1) is 12.6 Å². The van der Waals surface area contributed by atoms with Crippen LogP contribution in [0.5, 0.6) is 0 Å². The summed E-state index contributed by atoms with van der Waals surface area (Å²) in [6.07, 6.45) is 1.02. The van der Waals surface area contributed by atoms with E-state index in [1.165, 1.54) is 0 Å².